The number of anilines is 1. The van der Waals surface area contributed by atoms with Crippen molar-refractivity contribution >= 4 is 38.8 Å². The summed E-state index contributed by atoms with van der Waals surface area (Å²) in [6.07, 6.45) is 0.973. The number of benzene rings is 1. The highest BCUT2D eigenvalue weighted by Gasteiger charge is 2.10. The van der Waals surface area contributed by atoms with Crippen LogP contribution in [0.1, 0.15) is 18.9 Å². The van der Waals surface area contributed by atoms with Gasteiger partial charge >= 0.3 is 0 Å². The van der Waals surface area contributed by atoms with Crippen molar-refractivity contribution in [2.75, 3.05) is 19.0 Å². The number of hydrogen-bond donors (Lipinski definition) is 2. The van der Waals surface area contributed by atoms with Crippen LogP contribution in [-0.4, -0.2) is 24.7 Å². The molecule has 0 amide bonds. The Kier molecular flexibility index (Phi) is 5.88. The molecule has 0 saturated carbocycles. The molecule has 0 aromatic heterocycles. The first kappa shape index (κ1) is 14.4. The van der Waals surface area contributed by atoms with E-state index in [0.29, 0.717) is 11.6 Å². The molecule has 0 spiro atoms. The summed E-state index contributed by atoms with van der Waals surface area (Å²) >= 11 is 8.46. The van der Waals surface area contributed by atoms with E-state index in [1.807, 2.05) is 18.2 Å². The van der Waals surface area contributed by atoms with Crippen LogP contribution in [0.15, 0.2) is 22.7 Å². The molecular formula is C12H17BrN2OS. The smallest absolute Gasteiger partial charge is 0.106 e. The Labute approximate surface area is 116 Å². The molecule has 1 unspecified atom stereocenters. The van der Waals surface area contributed by atoms with Crippen molar-refractivity contribution in [3.05, 3.63) is 28.2 Å². The van der Waals surface area contributed by atoms with Gasteiger partial charge in [0, 0.05) is 28.9 Å². The third-order valence-corrected chi connectivity index (χ3v) is 3.18. The van der Waals surface area contributed by atoms with E-state index in [1.165, 1.54) is 0 Å². The molecular weight excluding hydrogens is 300 g/mol. The Morgan fingerprint density at radius 2 is 2.29 bits per heavy atom. The van der Waals surface area contributed by atoms with Gasteiger partial charge < -0.3 is 15.8 Å². The van der Waals surface area contributed by atoms with Gasteiger partial charge in [-0.25, -0.2) is 0 Å². The van der Waals surface area contributed by atoms with Crippen LogP contribution in [0, 0.1) is 0 Å². The summed E-state index contributed by atoms with van der Waals surface area (Å²) < 4.78 is 6.12. The summed E-state index contributed by atoms with van der Waals surface area (Å²) in [4.78, 5) is 0.390. The van der Waals surface area contributed by atoms with Crippen LogP contribution in [0.5, 0.6) is 0 Å². The van der Waals surface area contributed by atoms with Crippen molar-refractivity contribution < 1.29 is 4.74 Å². The van der Waals surface area contributed by atoms with Crippen LogP contribution >= 0.6 is 28.1 Å². The van der Waals surface area contributed by atoms with E-state index < -0.39 is 0 Å². The highest BCUT2D eigenvalue weighted by Crippen LogP contribution is 2.22. The van der Waals surface area contributed by atoms with Crippen molar-refractivity contribution in [2.45, 2.75) is 19.4 Å². The first-order valence-corrected chi connectivity index (χ1v) is 6.63. The van der Waals surface area contributed by atoms with Gasteiger partial charge in [0.15, 0.2) is 0 Å². The predicted molar refractivity (Wildman–Crippen MR) is 79.6 cm³/mol. The standard InChI is InChI=1S/C12H17BrN2OS/c1-3-9(7-16-2)15-11-5-4-8(13)6-10(11)12(14)17/h4-6,9,15H,3,7H2,1-2H3,(H2,14,17). The monoisotopic (exact) mass is 316 g/mol. The third kappa shape index (κ3) is 4.26. The molecule has 1 aromatic carbocycles. The van der Waals surface area contributed by atoms with Gasteiger partial charge in [-0.1, -0.05) is 35.1 Å². The lowest BCUT2D eigenvalue weighted by Gasteiger charge is -2.19. The van der Waals surface area contributed by atoms with Gasteiger partial charge in [0.25, 0.3) is 0 Å². The van der Waals surface area contributed by atoms with Crippen LogP contribution in [0.3, 0.4) is 0 Å². The minimum Gasteiger partial charge on any atom is -0.389 e. The molecule has 0 aliphatic heterocycles. The van der Waals surface area contributed by atoms with Crippen LogP contribution in [0.25, 0.3) is 0 Å². The fourth-order valence-electron chi connectivity index (χ4n) is 1.53. The minimum atomic E-state index is 0.259. The predicted octanol–water partition coefficient (Wildman–Crippen LogP) is 2.92. The zero-order chi connectivity index (χ0) is 12.8. The molecule has 1 atom stereocenters. The zero-order valence-corrected chi connectivity index (χ0v) is 12.4. The molecule has 0 fully saturated rings. The Morgan fingerprint density at radius 1 is 1.59 bits per heavy atom. The first-order valence-electron chi connectivity index (χ1n) is 5.43. The lowest BCUT2D eigenvalue weighted by atomic mass is 10.1. The van der Waals surface area contributed by atoms with Crippen LogP contribution in [0.4, 0.5) is 5.69 Å². The normalized spacial score (nSPS) is 12.2. The van der Waals surface area contributed by atoms with Crippen molar-refractivity contribution in [1.82, 2.24) is 0 Å². The summed E-state index contributed by atoms with van der Waals surface area (Å²) in [5.74, 6) is 0. The minimum absolute atomic E-state index is 0.259. The number of halogens is 1. The van der Waals surface area contributed by atoms with Gasteiger partial charge in [-0.3, -0.25) is 0 Å². The number of rotatable bonds is 6. The van der Waals surface area contributed by atoms with Crippen molar-refractivity contribution in [3.63, 3.8) is 0 Å². The Balaban J connectivity index is 2.92. The van der Waals surface area contributed by atoms with Gasteiger partial charge in [0.05, 0.1) is 6.61 Å². The summed E-state index contributed by atoms with van der Waals surface area (Å²) in [6.45, 7) is 2.76. The summed E-state index contributed by atoms with van der Waals surface area (Å²) in [7, 11) is 1.69. The number of nitrogens with two attached hydrogens (primary N) is 1. The van der Waals surface area contributed by atoms with E-state index >= 15 is 0 Å². The van der Waals surface area contributed by atoms with E-state index in [2.05, 4.69) is 28.2 Å². The third-order valence-electron chi connectivity index (χ3n) is 2.47. The molecule has 17 heavy (non-hydrogen) atoms. The second kappa shape index (κ2) is 6.93. The van der Waals surface area contributed by atoms with E-state index in [4.69, 9.17) is 22.7 Å². The summed E-state index contributed by atoms with van der Waals surface area (Å²) in [5, 5.41) is 3.39. The number of hydrogen-bond acceptors (Lipinski definition) is 3. The van der Waals surface area contributed by atoms with Crippen LogP contribution in [0.2, 0.25) is 0 Å². The van der Waals surface area contributed by atoms with Crippen molar-refractivity contribution in [1.29, 1.82) is 0 Å². The van der Waals surface area contributed by atoms with E-state index in [9.17, 15) is 0 Å². The number of methoxy groups -OCH3 is 1. The lowest BCUT2D eigenvalue weighted by molar-refractivity contribution is 0.184. The maximum absolute atomic E-state index is 5.71. The zero-order valence-electron chi connectivity index (χ0n) is 10.00. The quantitative estimate of drug-likeness (QED) is 0.792. The van der Waals surface area contributed by atoms with E-state index in [0.717, 1.165) is 22.1 Å². The molecule has 0 aliphatic rings. The second-order valence-electron chi connectivity index (χ2n) is 3.76. The highest BCUT2D eigenvalue weighted by molar-refractivity contribution is 9.10. The topological polar surface area (TPSA) is 47.3 Å². The van der Waals surface area contributed by atoms with Gasteiger partial charge in [0.1, 0.15) is 4.99 Å². The SMILES string of the molecule is CCC(COC)Nc1ccc(Br)cc1C(N)=S. The maximum Gasteiger partial charge on any atom is 0.106 e. The fourth-order valence-corrected chi connectivity index (χ4v) is 2.06. The molecule has 3 N–H and O–H groups in total. The van der Waals surface area contributed by atoms with Crippen LogP contribution in [-0.2, 0) is 4.74 Å². The van der Waals surface area contributed by atoms with Crippen molar-refractivity contribution in [3.8, 4) is 0 Å². The first-order chi connectivity index (χ1) is 8.08. The maximum atomic E-state index is 5.71. The van der Waals surface area contributed by atoms with Crippen molar-refractivity contribution in [2.24, 2.45) is 5.73 Å². The Bertz CT molecular complexity index is 398. The van der Waals surface area contributed by atoms with Gasteiger partial charge in [-0.2, -0.15) is 0 Å². The summed E-state index contributed by atoms with van der Waals surface area (Å²) in [6, 6.07) is 6.11. The molecule has 0 bridgehead atoms. The molecule has 5 heteroatoms. The van der Waals surface area contributed by atoms with Gasteiger partial charge in [-0.05, 0) is 24.6 Å². The van der Waals surface area contributed by atoms with E-state index in [-0.39, 0.29) is 6.04 Å². The average Bonchev–Trinajstić information content (AvgIpc) is 2.30. The summed E-state index contributed by atoms with van der Waals surface area (Å²) in [5.41, 5.74) is 7.51. The molecule has 0 saturated heterocycles. The molecule has 1 aromatic rings. The highest BCUT2D eigenvalue weighted by atomic mass is 79.9. The Morgan fingerprint density at radius 3 is 2.82 bits per heavy atom. The molecule has 1 rings (SSSR count). The Hall–Kier alpha value is -0.650. The largest absolute Gasteiger partial charge is 0.389 e. The molecule has 3 nitrogen and oxygen atoms in total. The van der Waals surface area contributed by atoms with Gasteiger partial charge in [0.2, 0.25) is 0 Å². The number of ether oxygens (including phenoxy) is 1. The molecule has 94 valence electrons. The second-order valence-corrected chi connectivity index (χ2v) is 5.11. The fraction of sp³-hybridized carbons (Fsp3) is 0.417. The van der Waals surface area contributed by atoms with Crippen LogP contribution < -0.4 is 11.1 Å². The molecule has 0 aliphatic carbocycles. The lowest BCUT2D eigenvalue weighted by Crippen LogP contribution is -2.25. The van der Waals surface area contributed by atoms with E-state index in [1.54, 1.807) is 7.11 Å². The van der Waals surface area contributed by atoms with Gasteiger partial charge in [-0.15, -0.1) is 0 Å². The number of nitrogens with one attached hydrogen (secondary N) is 1. The number of thiocarbonyl (C=S) groups is 1. The molecule has 0 heterocycles. The molecule has 0 radical (unpaired) electrons. The average molecular weight is 317 g/mol.